The summed E-state index contributed by atoms with van der Waals surface area (Å²) < 4.78 is 5.56. The van der Waals surface area contributed by atoms with E-state index in [0.29, 0.717) is 17.0 Å². The minimum Gasteiger partial charge on any atom is -0.481 e. The van der Waals surface area contributed by atoms with Gasteiger partial charge in [-0.1, -0.05) is 35.5 Å². The highest BCUT2D eigenvalue weighted by Crippen LogP contribution is 2.15. The van der Waals surface area contributed by atoms with Crippen LogP contribution in [0.3, 0.4) is 0 Å². The molecule has 1 unspecified atom stereocenters. The maximum absolute atomic E-state index is 12.2. The number of carbonyl (C=O) groups excluding carboxylic acids is 1. The van der Waals surface area contributed by atoms with Crippen molar-refractivity contribution in [2.75, 3.05) is 5.32 Å². The predicted octanol–water partition coefficient (Wildman–Crippen LogP) is 3.14. The van der Waals surface area contributed by atoms with Gasteiger partial charge in [0.2, 0.25) is 0 Å². The van der Waals surface area contributed by atoms with Gasteiger partial charge in [0.1, 0.15) is 5.75 Å². The number of carbonyl (C=O) groups is 2. The van der Waals surface area contributed by atoms with Gasteiger partial charge in [-0.05, 0) is 36.8 Å². The van der Waals surface area contributed by atoms with Crippen LogP contribution in [0.25, 0.3) is 0 Å². The number of carboxylic acid groups (broad SMARTS) is 1. The van der Waals surface area contributed by atoms with Crippen LogP contribution in [0.5, 0.6) is 5.75 Å². The van der Waals surface area contributed by atoms with Crippen molar-refractivity contribution in [1.82, 2.24) is 0 Å². The Morgan fingerprint density at radius 3 is 2.31 bits per heavy atom. The van der Waals surface area contributed by atoms with Crippen LogP contribution in [-0.2, 0) is 9.59 Å². The molecule has 2 rings (SSSR count). The van der Waals surface area contributed by atoms with E-state index in [2.05, 4.69) is 10.5 Å². The molecule has 3 N–H and O–H groups in total. The molecule has 7 heteroatoms. The molecule has 0 aliphatic carbocycles. The average Bonchev–Trinajstić information content (AvgIpc) is 2.64. The minimum absolute atomic E-state index is 0.111. The van der Waals surface area contributed by atoms with Crippen LogP contribution in [0.4, 0.5) is 5.69 Å². The molecule has 1 amide bonds. The number of anilines is 1. The number of ether oxygens (including phenoxy) is 1. The Kier molecular flexibility index (Phi) is 6.73. The van der Waals surface area contributed by atoms with Crippen LogP contribution in [-0.4, -0.2) is 34.0 Å². The number of benzene rings is 2. The van der Waals surface area contributed by atoms with E-state index in [1.54, 1.807) is 43.3 Å². The average molecular weight is 356 g/mol. The van der Waals surface area contributed by atoms with Crippen LogP contribution in [0, 0.1) is 0 Å². The fraction of sp³-hybridized carbons (Fsp3) is 0.211. The fourth-order valence-electron chi connectivity index (χ4n) is 2.22. The van der Waals surface area contributed by atoms with E-state index in [9.17, 15) is 9.59 Å². The van der Waals surface area contributed by atoms with E-state index >= 15 is 0 Å². The first-order valence-electron chi connectivity index (χ1n) is 8.05. The summed E-state index contributed by atoms with van der Waals surface area (Å²) in [5.74, 6) is -0.668. The lowest BCUT2D eigenvalue weighted by molar-refractivity contribution is -0.136. The molecule has 0 radical (unpaired) electrons. The lowest BCUT2D eigenvalue weighted by atomic mass is 10.1. The summed E-state index contributed by atoms with van der Waals surface area (Å²) in [7, 11) is 0. The molecule has 0 saturated heterocycles. The number of oxime groups is 1. The summed E-state index contributed by atoms with van der Waals surface area (Å²) in [5, 5.41) is 23.6. The fourth-order valence-corrected chi connectivity index (χ4v) is 2.22. The Bertz CT molecular complexity index is 772. The third-order valence-corrected chi connectivity index (χ3v) is 3.61. The maximum atomic E-state index is 12.2. The van der Waals surface area contributed by atoms with Gasteiger partial charge in [-0.3, -0.25) is 9.59 Å². The van der Waals surface area contributed by atoms with Crippen LogP contribution in [0.2, 0.25) is 0 Å². The number of rotatable bonds is 8. The van der Waals surface area contributed by atoms with E-state index < -0.39 is 12.1 Å². The smallest absolute Gasteiger partial charge is 0.303 e. The molecule has 0 aliphatic rings. The van der Waals surface area contributed by atoms with Gasteiger partial charge in [0.15, 0.2) is 6.10 Å². The molecule has 0 heterocycles. The Balaban J connectivity index is 1.95. The molecule has 136 valence electrons. The SMILES string of the molecule is CC(Oc1ccccc1)C(=O)Nc1ccc(/C(CCC(=O)O)=N\O)cc1. The molecular weight excluding hydrogens is 336 g/mol. The number of para-hydroxylation sites is 1. The van der Waals surface area contributed by atoms with E-state index in [1.807, 2.05) is 18.2 Å². The zero-order valence-electron chi connectivity index (χ0n) is 14.3. The molecule has 0 saturated carbocycles. The summed E-state index contributed by atoms with van der Waals surface area (Å²) in [5.41, 5.74) is 1.41. The number of amides is 1. The summed E-state index contributed by atoms with van der Waals surface area (Å²) in [4.78, 5) is 22.8. The molecule has 0 bridgehead atoms. The summed E-state index contributed by atoms with van der Waals surface area (Å²) in [6.07, 6.45) is -0.701. The Labute approximate surface area is 150 Å². The van der Waals surface area contributed by atoms with Crippen molar-refractivity contribution in [1.29, 1.82) is 0 Å². The van der Waals surface area contributed by atoms with Crippen molar-refractivity contribution in [2.24, 2.45) is 5.16 Å². The van der Waals surface area contributed by atoms with Crippen molar-refractivity contribution < 1.29 is 24.6 Å². The first-order valence-corrected chi connectivity index (χ1v) is 8.05. The van der Waals surface area contributed by atoms with Gasteiger partial charge in [0, 0.05) is 12.1 Å². The number of aliphatic carboxylic acids is 1. The molecule has 2 aromatic rings. The highest BCUT2D eigenvalue weighted by atomic mass is 16.5. The van der Waals surface area contributed by atoms with E-state index in [-0.39, 0.29) is 24.5 Å². The number of hydrogen-bond donors (Lipinski definition) is 3. The second-order valence-corrected chi connectivity index (χ2v) is 5.58. The van der Waals surface area contributed by atoms with E-state index in [0.717, 1.165) is 0 Å². The molecule has 0 aliphatic heterocycles. The monoisotopic (exact) mass is 356 g/mol. The van der Waals surface area contributed by atoms with Gasteiger partial charge in [0.05, 0.1) is 12.1 Å². The summed E-state index contributed by atoms with van der Waals surface area (Å²) in [6, 6.07) is 15.6. The zero-order chi connectivity index (χ0) is 18.9. The van der Waals surface area contributed by atoms with Gasteiger partial charge in [-0.25, -0.2) is 0 Å². The normalized spacial score (nSPS) is 12.3. The third-order valence-electron chi connectivity index (χ3n) is 3.61. The first-order chi connectivity index (χ1) is 12.5. The molecule has 1 atom stereocenters. The molecule has 0 aromatic heterocycles. The van der Waals surface area contributed by atoms with Gasteiger partial charge in [-0.2, -0.15) is 0 Å². The topological polar surface area (TPSA) is 108 Å². The quantitative estimate of drug-likeness (QED) is 0.382. The first kappa shape index (κ1) is 19.0. The Hall–Kier alpha value is -3.35. The Morgan fingerprint density at radius 1 is 1.08 bits per heavy atom. The van der Waals surface area contributed by atoms with Crippen molar-refractivity contribution >= 4 is 23.3 Å². The molecule has 7 nitrogen and oxygen atoms in total. The molecule has 26 heavy (non-hydrogen) atoms. The highest BCUT2D eigenvalue weighted by molar-refractivity contribution is 6.02. The minimum atomic E-state index is -0.970. The van der Waals surface area contributed by atoms with Gasteiger partial charge >= 0.3 is 5.97 Å². The molecule has 0 spiro atoms. The number of nitrogens with zero attached hydrogens (tertiary/aromatic N) is 1. The predicted molar refractivity (Wildman–Crippen MR) is 96.8 cm³/mol. The second-order valence-electron chi connectivity index (χ2n) is 5.58. The van der Waals surface area contributed by atoms with Crippen molar-refractivity contribution in [3.8, 4) is 5.75 Å². The number of nitrogens with one attached hydrogen (secondary N) is 1. The second kappa shape index (κ2) is 9.22. The lowest BCUT2D eigenvalue weighted by Crippen LogP contribution is -2.30. The summed E-state index contributed by atoms with van der Waals surface area (Å²) >= 11 is 0. The van der Waals surface area contributed by atoms with Crippen LogP contribution in [0.1, 0.15) is 25.3 Å². The standard InChI is InChI=1S/C19H20N2O5/c1-13(26-16-5-3-2-4-6-16)19(24)20-15-9-7-14(8-10-15)17(21-25)11-12-18(22)23/h2-10,13,25H,11-12H2,1H3,(H,20,24)(H,22,23)/b21-17-. The molecule has 2 aromatic carbocycles. The van der Waals surface area contributed by atoms with Crippen LogP contribution >= 0.6 is 0 Å². The molecule has 0 fully saturated rings. The highest BCUT2D eigenvalue weighted by Gasteiger charge is 2.15. The van der Waals surface area contributed by atoms with Crippen molar-refractivity contribution in [3.05, 3.63) is 60.2 Å². The van der Waals surface area contributed by atoms with Crippen LogP contribution in [0.15, 0.2) is 59.8 Å². The van der Waals surface area contributed by atoms with E-state index in [4.69, 9.17) is 15.1 Å². The number of hydrogen-bond acceptors (Lipinski definition) is 5. The van der Waals surface area contributed by atoms with Gasteiger partial charge < -0.3 is 20.4 Å². The third kappa shape index (κ3) is 5.62. The number of carboxylic acids is 1. The van der Waals surface area contributed by atoms with Crippen molar-refractivity contribution in [3.63, 3.8) is 0 Å². The lowest BCUT2D eigenvalue weighted by Gasteiger charge is -2.15. The van der Waals surface area contributed by atoms with E-state index in [1.165, 1.54) is 0 Å². The van der Waals surface area contributed by atoms with Crippen molar-refractivity contribution in [2.45, 2.75) is 25.9 Å². The maximum Gasteiger partial charge on any atom is 0.303 e. The van der Waals surface area contributed by atoms with Gasteiger partial charge in [0.25, 0.3) is 5.91 Å². The molecular formula is C19H20N2O5. The Morgan fingerprint density at radius 2 is 1.73 bits per heavy atom. The van der Waals surface area contributed by atoms with Gasteiger partial charge in [-0.15, -0.1) is 0 Å². The zero-order valence-corrected chi connectivity index (χ0v) is 14.3. The van der Waals surface area contributed by atoms with Crippen LogP contribution < -0.4 is 10.1 Å². The largest absolute Gasteiger partial charge is 0.481 e. The summed E-state index contributed by atoms with van der Waals surface area (Å²) in [6.45, 7) is 1.65.